The van der Waals surface area contributed by atoms with E-state index in [4.69, 9.17) is 16.3 Å². The standard InChI is InChI=1S/C11H14ClFO2/c1-11(14,5-6-15-2)9-7-8(13)3-4-10(9)12/h3-4,7,14H,5-6H2,1-2H3. The summed E-state index contributed by atoms with van der Waals surface area (Å²) in [6.07, 6.45) is 0.368. The molecule has 0 fully saturated rings. The van der Waals surface area contributed by atoms with Crippen molar-refractivity contribution in [1.29, 1.82) is 0 Å². The van der Waals surface area contributed by atoms with Crippen molar-refractivity contribution in [2.45, 2.75) is 18.9 Å². The molecule has 0 amide bonds. The van der Waals surface area contributed by atoms with Crippen LogP contribution in [0.2, 0.25) is 5.02 Å². The molecule has 0 aromatic heterocycles. The van der Waals surface area contributed by atoms with Crippen molar-refractivity contribution in [1.82, 2.24) is 0 Å². The Balaban J connectivity index is 2.97. The fourth-order valence-electron chi connectivity index (χ4n) is 1.35. The minimum atomic E-state index is -1.17. The number of methoxy groups -OCH3 is 1. The third kappa shape index (κ3) is 3.16. The SMILES string of the molecule is COCCC(C)(O)c1cc(F)ccc1Cl. The van der Waals surface area contributed by atoms with Crippen LogP contribution in [-0.2, 0) is 10.3 Å². The number of aliphatic hydroxyl groups is 1. The Bertz CT molecular complexity index is 339. The van der Waals surface area contributed by atoms with Crippen LogP contribution in [-0.4, -0.2) is 18.8 Å². The molecule has 0 saturated carbocycles. The zero-order valence-corrected chi connectivity index (χ0v) is 9.51. The van der Waals surface area contributed by atoms with Crippen LogP contribution in [0.25, 0.3) is 0 Å². The van der Waals surface area contributed by atoms with Crippen LogP contribution in [0.1, 0.15) is 18.9 Å². The number of halogens is 2. The topological polar surface area (TPSA) is 29.5 Å². The van der Waals surface area contributed by atoms with Crippen LogP contribution in [0.4, 0.5) is 4.39 Å². The van der Waals surface area contributed by atoms with Gasteiger partial charge in [0.1, 0.15) is 5.82 Å². The molecule has 15 heavy (non-hydrogen) atoms. The molecular formula is C11H14ClFO2. The van der Waals surface area contributed by atoms with Gasteiger partial charge in [-0.3, -0.25) is 0 Å². The molecule has 0 radical (unpaired) electrons. The molecule has 84 valence electrons. The number of benzene rings is 1. The van der Waals surface area contributed by atoms with Crippen molar-refractivity contribution < 1.29 is 14.2 Å². The molecule has 1 aromatic rings. The highest BCUT2D eigenvalue weighted by atomic mass is 35.5. The summed E-state index contributed by atoms with van der Waals surface area (Å²) in [5.74, 6) is -0.410. The zero-order chi connectivity index (χ0) is 11.5. The summed E-state index contributed by atoms with van der Waals surface area (Å²) < 4.78 is 17.9. The molecule has 0 aliphatic carbocycles. The quantitative estimate of drug-likeness (QED) is 0.865. The van der Waals surface area contributed by atoms with E-state index in [0.717, 1.165) is 0 Å². The van der Waals surface area contributed by atoms with Crippen molar-refractivity contribution in [2.75, 3.05) is 13.7 Å². The van der Waals surface area contributed by atoms with Crippen molar-refractivity contribution in [3.05, 3.63) is 34.6 Å². The fraction of sp³-hybridized carbons (Fsp3) is 0.455. The molecule has 0 aliphatic heterocycles. The van der Waals surface area contributed by atoms with Crippen molar-refractivity contribution in [3.8, 4) is 0 Å². The highest BCUT2D eigenvalue weighted by Crippen LogP contribution is 2.31. The first-order valence-electron chi connectivity index (χ1n) is 4.64. The van der Waals surface area contributed by atoms with Gasteiger partial charge in [-0.25, -0.2) is 4.39 Å². The van der Waals surface area contributed by atoms with Crippen LogP contribution in [0.3, 0.4) is 0 Å². The Morgan fingerprint density at radius 1 is 1.53 bits per heavy atom. The summed E-state index contributed by atoms with van der Waals surface area (Å²) in [6, 6.07) is 3.95. The van der Waals surface area contributed by atoms with Gasteiger partial charge in [0.2, 0.25) is 0 Å². The van der Waals surface area contributed by atoms with Crippen LogP contribution in [0.5, 0.6) is 0 Å². The molecule has 4 heteroatoms. The lowest BCUT2D eigenvalue weighted by atomic mass is 9.93. The molecule has 1 atom stereocenters. The van der Waals surface area contributed by atoms with Gasteiger partial charge < -0.3 is 9.84 Å². The largest absolute Gasteiger partial charge is 0.385 e. The molecule has 0 aliphatic rings. The lowest BCUT2D eigenvalue weighted by molar-refractivity contribution is 0.0209. The van der Waals surface area contributed by atoms with E-state index < -0.39 is 11.4 Å². The van der Waals surface area contributed by atoms with E-state index in [1.807, 2.05) is 0 Å². The number of hydrogen-bond acceptors (Lipinski definition) is 2. The van der Waals surface area contributed by atoms with Crippen LogP contribution < -0.4 is 0 Å². The summed E-state index contributed by atoms with van der Waals surface area (Å²) in [7, 11) is 1.54. The van der Waals surface area contributed by atoms with Gasteiger partial charge in [0.15, 0.2) is 0 Å². The molecule has 0 bridgehead atoms. The first-order valence-corrected chi connectivity index (χ1v) is 5.02. The molecular weight excluding hydrogens is 219 g/mol. The Morgan fingerprint density at radius 2 is 2.20 bits per heavy atom. The van der Waals surface area contributed by atoms with Crippen molar-refractivity contribution in [2.24, 2.45) is 0 Å². The molecule has 0 saturated heterocycles. The van der Waals surface area contributed by atoms with E-state index in [2.05, 4.69) is 0 Å². The molecule has 1 rings (SSSR count). The van der Waals surface area contributed by atoms with E-state index in [0.29, 0.717) is 23.6 Å². The maximum Gasteiger partial charge on any atom is 0.123 e. The Hall–Kier alpha value is -0.640. The van der Waals surface area contributed by atoms with Gasteiger partial charge in [-0.1, -0.05) is 11.6 Å². The van der Waals surface area contributed by atoms with Gasteiger partial charge in [0.05, 0.1) is 5.60 Å². The second-order valence-electron chi connectivity index (χ2n) is 3.64. The van der Waals surface area contributed by atoms with E-state index in [1.165, 1.54) is 18.2 Å². The van der Waals surface area contributed by atoms with Gasteiger partial charge in [0.25, 0.3) is 0 Å². The first-order chi connectivity index (χ1) is 6.97. The molecule has 1 aromatic carbocycles. The van der Waals surface area contributed by atoms with E-state index in [1.54, 1.807) is 14.0 Å². The zero-order valence-electron chi connectivity index (χ0n) is 8.76. The second kappa shape index (κ2) is 4.92. The summed E-state index contributed by atoms with van der Waals surface area (Å²) in [6.45, 7) is 1.98. The van der Waals surface area contributed by atoms with Crippen molar-refractivity contribution >= 4 is 11.6 Å². The predicted molar refractivity (Wildman–Crippen MR) is 57.5 cm³/mol. The Kier molecular flexibility index (Phi) is 4.08. The van der Waals surface area contributed by atoms with Gasteiger partial charge in [0, 0.05) is 30.7 Å². The van der Waals surface area contributed by atoms with Gasteiger partial charge in [-0.05, 0) is 25.1 Å². The lowest BCUT2D eigenvalue weighted by Crippen LogP contribution is -2.23. The van der Waals surface area contributed by atoms with Gasteiger partial charge in [-0.2, -0.15) is 0 Å². The number of ether oxygens (including phenoxy) is 1. The fourth-order valence-corrected chi connectivity index (χ4v) is 1.67. The minimum Gasteiger partial charge on any atom is -0.385 e. The second-order valence-corrected chi connectivity index (χ2v) is 4.05. The van der Waals surface area contributed by atoms with E-state index >= 15 is 0 Å². The third-order valence-electron chi connectivity index (χ3n) is 2.30. The number of hydrogen-bond donors (Lipinski definition) is 1. The monoisotopic (exact) mass is 232 g/mol. The maximum atomic E-state index is 13.0. The highest BCUT2D eigenvalue weighted by molar-refractivity contribution is 6.31. The maximum absolute atomic E-state index is 13.0. The minimum absolute atomic E-state index is 0.359. The van der Waals surface area contributed by atoms with Gasteiger partial charge in [-0.15, -0.1) is 0 Å². The van der Waals surface area contributed by atoms with Crippen molar-refractivity contribution in [3.63, 3.8) is 0 Å². The molecule has 0 spiro atoms. The van der Waals surface area contributed by atoms with E-state index in [9.17, 15) is 9.50 Å². The van der Waals surface area contributed by atoms with Crippen LogP contribution in [0.15, 0.2) is 18.2 Å². The normalized spacial score (nSPS) is 15.0. The summed E-state index contributed by atoms with van der Waals surface area (Å²) in [4.78, 5) is 0. The smallest absolute Gasteiger partial charge is 0.123 e. The summed E-state index contributed by atoms with van der Waals surface area (Å²) in [5, 5.41) is 10.4. The molecule has 0 heterocycles. The van der Waals surface area contributed by atoms with Gasteiger partial charge >= 0.3 is 0 Å². The lowest BCUT2D eigenvalue weighted by Gasteiger charge is -2.24. The van der Waals surface area contributed by atoms with E-state index in [-0.39, 0.29) is 0 Å². The average Bonchev–Trinajstić information content (AvgIpc) is 2.18. The third-order valence-corrected chi connectivity index (χ3v) is 2.63. The van der Waals surface area contributed by atoms with Crippen LogP contribution in [0, 0.1) is 5.82 Å². The Morgan fingerprint density at radius 3 is 2.80 bits per heavy atom. The molecule has 1 N–H and O–H groups in total. The summed E-state index contributed by atoms with van der Waals surface area (Å²) >= 11 is 5.89. The predicted octanol–water partition coefficient (Wildman–Crippen LogP) is 2.72. The van der Waals surface area contributed by atoms with Crippen LogP contribution >= 0.6 is 11.6 Å². The number of rotatable bonds is 4. The average molecular weight is 233 g/mol. The molecule has 2 nitrogen and oxygen atoms in total. The first kappa shape index (κ1) is 12.4. The summed E-state index contributed by atoms with van der Waals surface area (Å²) in [5.41, 5.74) is -0.781. The molecule has 1 unspecified atom stereocenters. The Labute approximate surface area is 93.6 Å². The highest BCUT2D eigenvalue weighted by Gasteiger charge is 2.25.